The summed E-state index contributed by atoms with van der Waals surface area (Å²) in [5, 5.41) is 6.02. The van der Waals surface area contributed by atoms with Crippen LogP contribution in [0.5, 0.6) is 0 Å². The first-order chi connectivity index (χ1) is 10.7. The number of amides is 1. The Morgan fingerprint density at radius 1 is 1.27 bits per heavy atom. The van der Waals surface area contributed by atoms with Gasteiger partial charge in [0.2, 0.25) is 5.91 Å². The molecule has 0 atom stereocenters. The van der Waals surface area contributed by atoms with Gasteiger partial charge in [-0.3, -0.25) is 4.79 Å². The zero-order valence-electron chi connectivity index (χ0n) is 13.3. The number of terminal acetylenes is 1. The second-order valence-corrected chi connectivity index (χ2v) is 4.65. The highest BCUT2D eigenvalue weighted by Crippen LogP contribution is 2.04. The van der Waals surface area contributed by atoms with Gasteiger partial charge in [0.1, 0.15) is 6.54 Å². The van der Waals surface area contributed by atoms with Gasteiger partial charge in [0.15, 0.2) is 5.96 Å². The number of nitrogens with one attached hydrogen (secondary N) is 2. The molecular weight excluding hydrogens is 276 g/mol. The maximum Gasteiger partial charge on any atom is 0.244 e. The first-order valence-electron chi connectivity index (χ1n) is 7.48. The molecule has 0 unspecified atom stereocenters. The van der Waals surface area contributed by atoms with E-state index < -0.39 is 0 Å². The summed E-state index contributed by atoms with van der Waals surface area (Å²) in [7, 11) is 0. The third-order valence-corrected chi connectivity index (χ3v) is 3.03. The number of hydrogen-bond donors (Lipinski definition) is 2. The SMILES string of the molecule is C#CCNC(=NCC(=O)N(CC)Cc1ccccc1)NCC. The molecule has 0 aliphatic rings. The Balaban J connectivity index is 2.61. The third kappa shape index (κ3) is 6.31. The average molecular weight is 300 g/mol. The molecule has 0 aliphatic carbocycles. The number of aliphatic imine (C=N–C) groups is 1. The van der Waals surface area contributed by atoms with Crippen molar-refractivity contribution in [2.75, 3.05) is 26.2 Å². The lowest BCUT2D eigenvalue weighted by Crippen LogP contribution is -2.39. The summed E-state index contributed by atoms with van der Waals surface area (Å²) in [5.74, 6) is 3.03. The molecule has 0 heterocycles. The van der Waals surface area contributed by atoms with E-state index in [-0.39, 0.29) is 12.5 Å². The van der Waals surface area contributed by atoms with Crippen molar-refractivity contribution < 1.29 is 4.79 Å². The van der Waals surface area contributed by atoms with Crippen LogP contribution in [0.15, 0.2) is 35.3 Å². The summed E-state index contributed by atoms with van der Waals surface area (Å²) in [4.78, 5) is 18.3. The van der Waals surface area contributed by atoms with Crippen LogP contribution >= 0.6 is 0 Å². The molecule has 118 valence electrons. The van der Waals surface area contributed by atoms with Gasteiger partial charge in [-0.1, -0.05) is 36.3 Å². The van der Waals surface area contributed by atoms with Crippen molar-refractivity contribution in [2.24, 2.45) is 4.99 Å². The van der Waals surface area contributed by atoms with E-state index >= 15 is 0 Å². The molecule has 0 fully saturated rings. The van der Waals surface area contributed by atoms with Crippen molar-refractivity contribution >= 4 is 11.9 Å². The van der Waals surface area contributed by atoms with Gasteiger partial charge in [-0.2, -0.15) is 0 Å². The van der Waals surface area contributed by atoms with Crippen LogP contribution in [0.4, 0.5) is 0 Å². The summed E-state index contributed by atoms with van der Waals surface area (Å²) >= 11 is 0. The second kappa shape index (κ2) is 10.3. The second-order valence-electron chi connectivity index (χ2n) is 4.65. The summed E-state index contributed by atoms with van der Waals surface area (Å²) in [6, 6.07) is 9.93. The normalized spacial score (nSPS) is 10.7. The van der Waals surface area contributed by atoms with Crippen molar-refractivity contribution in [1.29, 1.82) is 0 Å². The molecule has 22 heavy (non-hydrogen) atoms. The molecule has 5 nitrogen and oxygen atoms in total. The Kier molecular flexibility index (Phi) is 8.21. The minimum atomic E-state index is -0.00994. The van der Waals surface area contributed by atoms with Crippen molar-refractivity contribution in [2.45, 2.75) is 20.4 Å². The van der Waals surface area contributed by atoms with E-state index in [4.69, 9.17) is 6.42 Å². The van der Waals surface area contributed by atoms with E-state index in [0.717, 1.165) is 5.56 Å². The summed E-state index contributed by atoms with van der Waals surface area (Å²) in [6.45, 7) is 6.36. The van der Waals surface area contributed by atoms with Gasteiger partial charge in [0, 0.05) is 19.6 Å². The minimum absolute atomic E-state index is 0.00994. The molecular formula is C17H24N4O. The van der Waals surface area contributed by atoms with Crippen molar-refractivity contribution in [1.82, 2.24) is 15.5 Å². The number of likely N-dealkylation sites (N-methyl/N-ethyl adjacent to an activating group) is 1. The van der Waals surface area contributed by atoms with Crippen LogP contribution in [0.3, 0.4) is 0 Å². The summed E-state index contributed by atoms with van der Waals surface area (Å²) in [6.07, 6.45) is 5.21. The van der Waals surface area contributed by atoms with Crippen LogP contribution in [0.1, 0.15) is 19.4 Å². The van der Waals surface area contributed by atoms with Crippen LogP contribution in [0.2, 0.25) is 0 Å². The molecule has 0 spiro atoms. The highest BCUT2D eigenvalue weighted by atomic mass is 16.2. The van der Waals surface area contributed by atoms with Gasteiger partial charge in [0.25, 0.3) is 0 Å². The molecule has 0 saturated heterocycles. The van der Waals surface area contributed by atoms with Crippen LogP contribution in [0, 0.1) is 12.3 Å². The van der Waals surface area contributed by atoms with E-state index in [1.165, 1.54) is 0 Å². The maximum absolute atomic E-state index is 12.3. The lowest BCUT2D eigenvalue weighted by atomic mass is 10.2. The van der Waals surface area contributed by atoms with E-state index in [1.54, 1.807) is 4.90 Å². The average Bonchev–Trinajstić information content (AvgIpc) is 2.55. The largest absolute Gasteiger partial charge is 0.357 e. The molecule has 1 rings (SSSR count). The number of rotatable bonds is 7. The van der Waals surface area contributed by atoms with Gasteiger partial charge in [-0.05, 0) is 19.4 Å². The first kappa shape index (κ1) is 17.6. The minimum Gasteiger partial charge on any atom is -0.357 e. The Morgan fingerprint density at radius 2 is 2.00 bits per heavy atom. The van der Waals surface area contributed by atoms with Gasteiger partial charge in [-0.25, -0.2) is 4.99 Å². The predicted octanol–water partition coefficient (Wildman–Crippen LogP) is 1.22. The zero-order chi connectivity index (χ0) is 16.2. The smallest absolute Gasteiger partial charge is 0.244 e. The molecule has 0 bridgehead atoms. The van der Waals surface area contributed by atoms with Gasteiger partial charge < -0.3 is 15.5 Å². The number of hydrogen-bond acceptors (Lipinski definition) is 2. The fourth-order valence-corrected chi connectivity index (χ4v) is 1.90. The monoisotopic (exact) mass is 300 g/mol. The lowest BCUT2D eigenvalue weighted by molar-refractivity contribution is -0.130. The molecule has 2 N–H and O–H groups in total. The van der Waals surface area contributed by atoms with E-state index in [9.17, 15) is 4.79 Å². The number of benzene rings is 1. The molecule has 0 saturated carbocycles. The maximum atomic E-state index is 12.3. The Morgan fingerprint density at radius 3 is 2.59 bits per heavy atom. The number of carbonyl (C=O) groups is 1. The fraction of sp³-hybridized carbons (Fsp3) is 0.412. The highest BCUT2D eigenvalue weighted by molar-refractivity contribution is 5.85. The van der Waals surface area contributed by atoms with E-state index in [0.29, 0.717) is 32.1 Å². The van der Waals surface area contributed by atoms with Crippen LogP contribution < -0.4 is 10.6 Å². The van der Waals surface area contributed by atoms with Crippen LogP contribution in [-0.4, -0.2) is 42.9 Å². The van der Waals surface area contributed by atoms with Crippen LogP contribution in [0.25, 0.3) is 0 Å². The zero-order valence-corrected chi connectivity index (χ0v) is 13.3. The Bertz CT molecular complexity index is 519. The van der Waals surface area contributed by atoms with Crippen molar-refractivity contribution in [3.05, 3.63) is 35.9 Å². The number of guanidine groups is 1. The molecule has 1 aromatic carbocycles. The highest BCUT2D eigenvalue weighted by Gasteiger charge is 2.11. The standard InChI is InChI=1S/C17H24N4O/c1-4-12-19-17(18-5-2)20-13-16(22)21(6-3)14-15-10-8-7-9-11-15/h1,7-11H,5-6,12-14H2,2-3H3,(H2,18,19,20). The third-order valence-electron chi connectivity index (χ3n) is 3.03. The molecule has 5 heteroatoms. The fourth-order valence-electron chi connectivity index (χ4n) is 1.90. The number of carbonyl (C=O) groups excluding carboxylic acids is 1. The lowest BCUT2D eigenvalue weighted by Gasteiger charge is -2.20. The van der Waals surface area contributed by atoms with Crippen molar-refractivity contribution in [3.8, 4) is 12.3 Å². The molecule has 1 aromatic rings. The Labute approximate surface area is 132 Å². The van der Waals surface area contributed by atoms with E-state index in [1.807, 2.05) is 44.2 Å². The molecule has 1 amide bonds. The summed E-state index contributed by atoms with van der Waals surface area (Å²) < 4.78 is 0. The number of nitrogens with zero attached hydrogens (tertiary/aromatic N) is 2. The first-order valence-corrected chi connectivity index (χ1v) is 7.48. The predicted molar refractivity (Wildman–Crippen MR) is 90.3 cm³/mol. The molecule has 0 aromatic heterocycles. The molecule has 0 radical (unpaired) electrons. The van der Waals surface area contributed by atoms with Gasteiger partial charge >= 0.3 is 0 Å². The quantitative estimate of drug-likeness (QED) is 0.452. The van der Waals surface area contributed by atoms with Gasteiger partial charge in [-0.15, -0.1) is 6.42 Å². The Hall–Kier alpha value is -2.48. The summed E-state index contributed by atoms with van der Waals surface area (Å²) in [5.41, 5.74) is 1.11. The molecule has 0 aliphatic heterocycles. The topological polar surface area (TPSA) is 56.7 Å². The van der Waals surface area contributed by atoms with Gasteiger partial charge in [0.05, 0.1) is 6.54 Å². The van der Waals surface area contributed by atoms with E-state index in [2.05, 4.69) is 21.5 Å². The van der Waals surface area contributed by atoms with Crippen LogP contribution in [-0.2, 0) is 11.3 Å². The van der Waals surface area contributed by atoms with Crippen molar-refractivity contribution in [3.63, 3.8) is 0 Å².